The fourth-order valence-corrected chi connectivity index (χ4v) is 3.67. The van der Waals surface area contributed by atoms with E-state index in [0.29, 0.717) is 18.3 Å². The van der Waals surface area contributed by atoms with Gasteiger partial charge >= 0.3 is 0 Å². The predicted octanol–water partition coefficient (Wildman–Crippen LogP) is 2.23. The lowest BCUT2D eigenvalue weighted by Gasteiger charge is -2.36. The average molecular weight is 312 g/mol. The first kappa shape index (κ1) is 16.2. The molecule has 2 N–H and O–H groups in total. The summed E-state index contributed by atoms with van der Waals surface area (Å²) < 4.78 is 23.4. The van der Waals surface area contributed by atoms with Gasteiger partial charge in [0.2, 0.25) is 0 Å². The highest BCUT2D eigenvalue weighted by Crippen LogP contribution is 2.34. The molecule has 118 valence electrons. The normalized spacial score (nSPS) is 26.5. The predicted molar refractivity (Wildman–Crippen MR) is 83.0 cm³/mol. The second-order valence-corrected chi connectivity index (χ2v) is 8.04. The number of rotatable bonds is 5. The Morgan fingerprint density at radius 2 is 2.10 bits per heavy atom. The van der Waals surface area contributed by atoms with Crippen LogP contribution >= 0.6 is 0 Å². The summed E-state index contributed by atoms with van der Waals surface area (Å²) in [4.78, 5) is 4.27. The zero-order valence-electron chi connectivity index (χ0n) is 12.7. The maximum absolute atomic E-state index is 11.7. The number of pyridine rings is 1. The third kappa shape index (κ3) is 4.17. The highest BCUT2D eigenvalue weighted by atomic mass is 32.2. The zero-order chi connectivity index (χ0) is 15.5. The minimum atomic E-state index is -3.33. The molecule has 1 saturated carbocycles. The first-order chi connectivity index (χ1) is 9.84. The lowest BCUT2D eigenvalue weighted by Crippen LogP contribution is -2.40. The van der Waals surface area contributed by atoms with E-state index < -0.39 is 15.4 Å². The van der Waals surface area contributed by atoms with Crippen LogP contribution < -0.4 is 5.32 Å². The Kier molecular flexibility index (Phi) is 4.88. The number of hydrogen-bond acceptors (Lipinski definition) is 5. The number of aliphatic hydroxyl groups is 1. The van der Waals surface area contributed by atoms with Gasteiger partial charge in [-0.25, -0.2) is 13.4 Å². The minimum absolute atomic E-state index is 0.177. The van der Waals surface area contributed by atoms with Crippen LogP contribution in [0.2, 0.25) is 0 Å². The van der Waals surface area contributed by atoms with Gasteiger partial charge in [0.25, 0.3) is 0 Å². The molecule has 2 rings (SSSR count). The number of hydrogen-bond donors (Lipinski definition) is 2. The largest absolute Gasteiger partial charge is 0.388 e. The van der Waals surface area contributed by atoms with Gasteiger partial charge in [-0.15, -0.1) is 0 Å². The molecule has 0 aliphatic heterocycles. The van der Waals surface area contributed by atoms with Gasteiger partial charge in [-0.05, 0) is 43.7 Å². The van der Waals surface area contributed by atoms with Crippen molar-refractivity contribution < 1.29 is 13.5 Å². The molecule has 0 radical (unpaired) electrons. The van der Waals surface area contributed by atoms with Crippen molar-refractivity contribution in [3.63, 3.8) is 0 Å². The average Bonchev–Trinajstić information content (AvgIpc) is 2.45. The van der Waals surface area contributed by atoms with Crippen LogP contribution in [0.1, 0.15) is 39.0 Å². The van der Waals surface area contributed by atoms with E-state index >= 15 is 0 Å². The molecule has 6 heteroatoms. The van der Waals surface area contributed by atoms with E-state index in [2.05, 4.69) is 17.2 Å². The molecule has 0 spiro atoms. The number of aromatic nitrogens is 1. The maximum atomic E-state index is 11.7. The molecule has 0 amide bonds. The van der Waals surface area contributed by atoms with Crippen molar-refractivity contribution in [2.75, 3.05) is 18.1 Å². The molecule has 21 heavy (non-hydrogen) atoms. The molecule has 1 aliphatic carbocycles. The number of sulfone groups is 1. The highest BCUT2D eigenvalue weighted by Gasteiger charge is 2.32. The van der Waals surface area contributed by atoms with E-state index in [1.165, 1.54) is 6.07 Å². The van der Waals surface area contributed by atoms with Crippen molar-refractivity contribution in [2.45, 2.75) is 49.5 Å². The molecule has 1 aromatic heterocycles. The summed E-state index contributed by atoms with van der Waals surface area (Å²) in [6.07, 6.45) is 7.41. The van der Waals surface area contributed by atoms with E-state index in [1.807, 2.05) is 0 Å². The van der Waals surface area contributed by atoms with Gasteiger partial charge in [-0.1, -0.05) is 13.3 Å². The van der Waals surface area contributed by atoms with Gasteiger partial charge in [-0.3, -0.25) is 0 Å². The second kappa shape index (κ2) is 6.32. The van der Waals surface area contributed by atoms with Crippen LogP contribution in [0.4, 0.5) is 5.82 Å². The Balaban J connectivity index is 2.04. The van der Waals surface area contributed by atoms with Crippen molar-refractivity contribution >= 4 is 15.7 Å². The molecule has 1 aliphatic rings. The van der Waals surface area contributed by atoms with E-state index in [9.17, 15) is 13.5 Å². The van der Waals surface area contributed by atoms with E-state index in [1.54, 1.807) is 12.3 Å². The fourth-order valence-electron chi connectivity index (χ4n) is 2.87. The lowest BCUT2D eigenvalue weighted by atomic mass is 9.78. The Morgan fingerprint density at radius 1 is 1.43 bits per heavy atom. The number of anilines is 1. The van der Waals surface area contributed by atoms with Gasteiger partial charge < -0.3 is 10.4 Å². The molecule has 0 aromatic carbocycles. The Hall–Kier alpha value is -1.14. The summed E-state index contributed by atoms with van der Waals surface area (Å²) in [5.41, 5.74) is -0.766. The Labute approximate surface area is 126 Å². The van der Waals surface area contributed by atoms with Crippen molar-refractivity contribution in [1.82, 2.24) is 4.98 Å². The number of nitrogens with zero attached hydrogens (tertiary/aromatic N) is 1. The zero-order valence-corrected chi connectivity index (χ0v) is 13.5. The van der Waals surface area contributed by atoms with Crippen LogP contribution in [0.25, 0.3) is 0 Å². The van der Waals surface area contributed by atoms with Crippen LogP contribution in [-0.4, -0.2) is 36.9 Å². The summed E-state index contributed by atoms with van der Waals surface area (Å²) in [7, 11) is -3.33. The van der Waals surface area contributed by atoms with Crippen molar-refractivity contribution in [3.8, 4) is 0 Å². The second-order valence-electron chi connectivity index (χ2n) is 6.05. The third-order valence-corrected chi connectivity index (χ3v) is 5.50. The van der Waals surface area contributed by atoms with E-state index in [0.717, 1.165) is 38.4 Å². The summed E-state index contributed by atoms with van der Waals surface area (Å²) in [6.45, 7) is 2.52. The van der Waals surface area contributed by atoms with Crippen LogP contribution in [0, 0.1) is 5.92 Å². The summed E-state index contributed by atoms with van der Waals surface area (Å²) >= 11 is 0. The summed E-state index contributed by atoms with van der Waals surface area (Å²) in [6, 6.07) is 3.13. The fraction of sp³-hybridized carbons (Fsp3) is 0.667. The number of nitrogens with one attached hydrogen (secondary N) is 1. The molecule has 1 fully saturated rings. The standard InChI is InChI=1S/C15H24N2O3S/c1-3-12-6-8-15(18,9-7-12)11-17-14-13(21(2,19)20)5-4-10-16-14/h4-5,10,12,18H,3,6-9,11H2,1-2H3,(H,16,17). The highest BCUT2D eigenvalue weighted by molar-refractivity contribution is 7.90. The molecular formula is C15H24N2O3S. The SMILES string of the molecule is CCC1CCC(O)(CNc2ncccc2S(C)(=O)=O)CC1. The maximum Gasteiger partial charge on any atom is 0.179 e. The monoisotopic (exact) mass is 312 g/mol. The van der Waals surface area contributed by atoms with Gasteiger partial charge in [-0.2, -0.15) is 0 Å². The van der Waals surface area contributed by atoms with Gasteiger partial charge in [0.15, 0.2) is 9.84 Å². The van der Waals surface area contributed by atoms with Crippen molar-refractivity contribution in [2.24, 2.45) is 5.92 Å². The molecule has 5 nitrogen and oxygen atoms in total. The topological polar surface area (TPSA) is 79.3 Å². The van der Waals surface area contributed by atoms with Crippen molar-refractivity contribution in [1.29, 1.82) is 0 Å². The minimum Gasteiger partial charge on any atom is -0.388 e. The summed E-state index contributed by atoms with van der Waals surface area (Å²) in [5.74, 6) is 1.03. The molecular weight excluding hydrogens is 288 g/mol. The van der Waals surface area contributed by atoms with Crippen LogP contribution in [0.15, 0.2) is 23.2 Å². The quantitative estimate of drug-likeness (QED) is 0.871. The van der Waals surface area contributed by atoms with Crippen LogP contribution in [-0.2, 0) is 9.84 Å². The molecule has 0 unspecified atom stereocenters. The molecule has 1 heterocycles. The van der Waals surface area contributed by atoms with Gasteiger partial charge in [0.1, 0.15) is 10.7 Å². The third-order valence-electron chi connectivity index (χ3n) is 4.37. The first-order valence-corrected chi connectivity index (χ1v) is 9.34. The molecule has 0 saturated heterocycles. The first-order valence-electron chi connectivity index (χ1n) is 7.45. The molecule has 0 bridgehead atoms. The summed E-state index contributed by atoms with van der Waals surface area (Å²) in [5, 5.41) is 13.6. The smallest absolute Gasteiger partial charge is 0.179 e. The van der Waals surface area contributed by atoms with E-state index in [4.69, 9.17) is 0 Å². The van der Waals surface area contributed by atoms with Crippen molar-refractivity contribution in [3.05, 3.63) is 18.3 Å². The lowest BCUT2D eigenvalue weighted by molar-refractivity contribution is 0.00218. The molecule has 1 aromatic rings. The Bertz CT molecular complexity index is 578. The van der Waals surface area contributed by atoms with Gasteiger partial charge in [0, 0.05) is 19.0 Å². The van der Waals surface area contributed by atoms with Crippen LogP contribution in [0.5, 0.6) is 0 Å². The van der Waals surface area contributed by atoms with E-state index in [-0.39, 0.29) is 4.90 Å². The molecule has 0 atom stereocenters. The Morgan fingerprint density at radius 3 is 2.67 bits per heavy atom. The van der Waals surface area contributed by atoms with Crippen LogP contribution in [0.3, 0.4) is 0 Å². The van der Waals surface area contributed by atoms with Gasteiger partial charge in [0.05, 0.1) is 5.60 Å².